The summed E-state index contributed by atoms with van der Waals surface area (Å²) in [6, 6.07) is 7.14. The molecule has 0 nitrogen and oxygen atoms in total. The Morgan fingerprint density at radius 1 is 0.839 bits per heavy atom. The maximum absolute atomic E-state index is 14.8. The van der Waals surface area contributed by atoms with Crippen LogP contribution in [0.5, 0.6) is 0 Å². The van der Waals surface area contributed by atoms with E-state index in [4.69, 9.17) is 0 Å². The lowest BCUT2D eigenvalue weighted by atomic mass is 9.77. The van der Waals surface area contributed by atoms with E-state index < -0.39 is 17.5 Å². The van der Waals surface area contributed by atoms with Gasteiger partial charge in [-0.15, -0.1) is 0 Å². The zero-order valence-electron chi connectivity index (χ0n) is 18.5. The molecule has 0 spiro atoms. The van der Waals surface area contributed by atoms with Crippen molar-refractivity contribution in [3.8, 4) is 11.1 Å². The van der Waals surface area contributed by atoms with Gasteiger partial charge in [-0.05, 0) is 66.8 Å². The van der Waals surface area contributed by atoms with Crippen molar-refractivity contribution in [3.05, 3.63) is 70.6 Å². The second-order valence-electron chi connectivity index (χ2n) is 9.51. The summed E-state index contributed by atoms with van der Waals surface area (Å²) in [5.74, 6) is -0.642. The van der Waals surface area contributed by atoms with E-state index in [0.717, 1.165) is 48.3 Å². The quantitative estimate of drug-likeness (QED) is 0.389. The van der Waals surface area contributed by atoms with Crippen LogP contribution in [0.25, 0.3) is 11.1 Å². The second-order valence-corrected chi connectivity index (χ2v) is 9.51. The van der Waals surface area contributed by atoms with Crippen LogP contribution in [0.1, 0.15) is 75.8 Å². The van der Waals surface area contributed by atoms with E-state index in [0.29, 0.717) is 0 Å². The average Bonchev–Trinajstić information content (AvgIpc) is 2.78. The van der Waals surface area contributed by atoms with Gasteiger partial charge in [0.15, 0.2) is 11.6 Å². The molecule has 3 heteroatoms. The van der Waals surface area contributed by atoms with Crippen LogP contribution in [-0.2, 0) is 12.8 Å². The highest BCUT2D eigenvalue weighted by Crippen LogP contribution is 2.37. The lowest BCUT2D eigenvalue weighted by molar-refractivity contribution is 0.249. The van der Waals surface area contributed by atoms with Gasteiger partial charge in [0.25, 0.3) is 0 Å². The van der Waals surface area contributed by atoms with Crippen molar-refractivity contribution >= 4 is 0 Å². The van der Waals surface area contributed by atoms with Crippen LogP contribution in [0, 0.1) is 29.3 Å². The Balaban J connectivity index is 1.36. The van der Waals surface area contributed by atoms with Crippen molar-refractivity contribution in [2.45, 2.75) is 77.6 Å². The van der Waals surface area contributed by atoms with Crippen LogP contribution < -0.4 is 0 Å². The first kappa shape index (κ1) is 22.2. The molecule has 0 unspecified atom stereocenters. The first-order chi connectivity index (χ1) is 15.0. The van der Waals surface area contributed by atoms with E-state index in [1.807, 2.05) is 0 Å². The van der Waals surface area contributed by atoms with Crippen molar-refractivity contribution in [1.29, 1.82) is 0 Å². The lowest BCUT2D eigenvalue weighted by Crippen LogP contribution is -2.15. The zero-order chi connectivity index (χ0) is 21.8. The molecule has 2 aromatic rings. The molecule has 0 radical (unpaired) electrons. The van der Waals surface area contributed by atoms with Gasteiger partial charge in [-0.2, -0.15) is 0 Å². The molecule has 0 aliphatic heterocycles. The molecular weight excluding hydrogens is 393 g/mol. The Bertz CT molecular complexity index is 936. The third-order valence-electron chi connectivity index (χ3n) is 7.37. The minimum Gasteiger partial charge on any atom is -0.206 e. The van der Waals surface area contributed by atoms with Crippen LogP contribution in [0.4, 0.5) is 13.2 Å². The van der Waals surface area contributed by atoms with Gasteiger partial charge in [-0.3, -0.25) is 0 Å². The number of unbranched alkanes of at least 4 members (excludes halogenated alkanes) is 1. The molecule has 0 amide bonds. The van der Waals surface area contributed by atoms with E-state index in [-0.39, 0.29) is 11.1 Å². The molecule has 1 fully saturated rings. The van der Waals surface area contributed by atoms with Gasteiger partial charge in [0.05, 0.1) is 0 Å². The lowest BCUT2D eigenvalue weighted by Gasteiger charge is -2.29. The topological polar surface area (TPSA) is 0 Å². The van der Waals surface area contributed by atoms with Gasteiger partial charge in [0.2, 0.25) is 0 Å². The van der Waals surface area contributed by atoms with E-state index in [1.54, 1.807) is 6.07 Å². The number of benzene rings is 2. The van der Waals surface area contributed by atoms with Crippen LogP contribution in [-0.4, -0.2) is 0 Å². The van der Waals surface area contributed by atoms with E-state index >= 15 is 0 Å². The number of hydrogen-bond donors (Lipinski definition) is 0. The summed E-state index contributed by atoms with van der Waals surface area (Å²) in [6.07, 6.45) is 15.6. The van der Waals surface area contributed by atoms with Crippen molar-refractivity contribution in [2.75, 3.05) is 0 Å². The summed E-state index contributed by atoms with van der Waals surface area (Å²) >= 11 is 0. The molecule has 0 atom stereocenters. The molecule has 4 rings (SSSR count). The van der Waals surface area contributed by atoms with E-state index in [2.05, 4.69) is 13.0 Å². The molecule has 1 saturated carbocycles. The predicted octanol–water partition coefficient (Wildman–Crippen LogP) is 8.57. The predicted molar refractivity (Wildman–Crippen MR) is 121 cm³/mol. The standard InChI is InChI=1S/C28H33F3/c1-2-3-5-19-8-10-20(11-9-19)12-13-21-14-15-22-17-25(27(30)18-23(22)16-21)24-6-4-7-26(29)28(24)31/h4,6-7,14,17-20H,2-3,5,8-13,15-16H2,1H3. The van der Waals surface area contributed by atoms with Crippen LogP contribution in [0.3, 0.4) is 0 Å². The van der Waals surface area contributed by atoms with Crippen molar-refractivity contribution < 1.29 is 13.2 Å². The molecular formula is C28H33F3. The minimum atomic E-state index is -0.988. The summed E-state index contributed by atoms with van der Waals surface area (Å²) in [5.41, 5.74) is 3.53. The molecule has 2 aliphatic carbocycles. The van der Waals surface area contributed by atoms with E-state index in [9.17, 15) is 13.2 Å². The normalized spacial score (nSPS) is 21.0. The summed E-state index contributed by atoms with van der Waals surface area (Å²) in [5, 5.41) is 0. The number of halogens is 3. The van der Waals surface area contributed by atoms with Crippen molar-refractivity contribution in [3.63, 3.8) is 0 Å². The summed E-state index contributed by atoms with van der Waals surface area (Å²) in [7, 11) is 0. The highest BCUT2D eigenvalue weighted by atomic mass is 19.2. The van der Waals surface area contributed by atoms with Crippen molar-refractivity contribution in [1.82, 2.24) is 0 Å². The molecule has 166 valence electrons. The van der Waals surface area contributed by atoms with Gasteiger partial charge in [0, 0.05) is 11.1 Å². The molecule has 0 heterocycles. The fraction of sp³-hybridized carbons (Fsp3) is 0.500. The Morgan fingerprint density at radius 2 is 1.58 bits per heavy atom. The third-order valence-corrected chi connectivity index (χ3v) is 7.37. The van der Waals surface area contributed by atoms with Gasteiger partial charge < -0.3 is 0 Å². The Hall–Kier alpha value is -2.03. The zero-order valence-corrected chi connectivity index (χ0v) is 18.5. The summed E-state index contributed by atoms with van der Waals surface area (Å²) in [4.78, 5) is 0. The Labute approximate surface area is 184 Å². The van der Waals surface area contributed by atoms with Crippen LogP contribution in [0.15, 0.2) is 42.0 Å². The minimum absolute atomic E-state index is 0.00961. The highest BCUT2D eigenvalue weighted by Gasteiger charge is 2.22. The largest absolute Gasteiger partial charge is 0.206 e. The fourth-order valence-corrected chi connectivity index (χ4v) is 5.38. The molecule has 0 aromatic heterocycles. The average molecular weight is 427 g/mol. The Kier molecular flexibility index (Phi) is 7.20. The molecule has 2 aromatic carbocycles. The molecule has 0 N–H and O–H groups in total. The smallest absolute Gasteiger partial charge is 0.166 e. The first-order valence-electron chi connectivity index (χ1n) is 12.0. The van der Waals surface area contributed by atoms with Crippen molar-refractivity contribution in [2.24, 2.45) is 11.8 Å². The number of hydrogen-bond acceptors (Lipinski definition) is 0. The molecule has 31 heavy (non-hydrogen) atoms. The number of fused-ring (bicyclic) bond motifs is 1. The molecule has 0 bridgehead atoms. The second kappa shape index (κ2) is 10.1. The van der Waals surface area contributed by atoms with Gasteiger partial charge in [0.1, 0.15) is 5.82 Å². The Morgan fingerprint density at radius 3 is 2.32 bits per heavy atom. The maximum atomic E-state index is 14.8. The third kappa shape index (κ3) is 5.25. The highest BCUT2D eigenvalue weighted by molar-refractivity contribution is 5.67. The van der Waals surface area contributed by atoms with E-state index in [1.165, 1.54) is 75.1 Å². The molecule has 2 aliphatic rings. The maximum Gasteiger partial charge on any atom is 0.166 e. The SMILES string of the molecule is CCCCC1CCC(CCC2=CCc3cc(-c4cccc(F)c4F)c(F)cc3C2)CC1. The number of allylic oxidation sites excluding steroid dienone is 2. The fourth-order valence-electron chi connectivity index (χ4n) is 5.38. The first-order valence-corrected chi connectivity index (χ1v) is 12.0. The monoisotopic (exact) mass is 426 g/mol. The van der Waals surface area contributed by atoms with Crippen LogP contribution >= 0.6 is 0 Å². The van der Waals surface area contributed by atoms with Gasteiger partial charge in [-0.1, -0.05) is 75.7 Å². The van der Waals surface area contributed by atoms with Gasteiger partial charge >= 0.3 is 0 Å². The molecule has 0 saturated heterocycles. The number of rotatable bonds is 7. The summed E-state index contributed by atoms with van der Waals surface area (Å²) < 4.78 is 42.6. The van der Waals surface area contributed by atoms with Gasteiger partial charge in [-0.25, -0.2) is 13.2 Å². The summed E-state index contributed by atoms with van der Waals surface area (Å²) in [6.45, 7) is 2.27. The van der Waals surface area contributed by atoms with Crippen LogP contribution in [0.2, 0.25) is 0 Å².